The molecule has 0 atom stereocenters. The van der Waals surface area contributed by atoms with Gasteiger partial charge in [-0.3, -0.25) is 0 Å². The molecule has 14 aromatic rings. The van der Waals surface area contributed by atoms with E-state index in [4.69, 9.17) is 8.83 Å². The maximum Gasteiger partial charge on any atom is 0.159 e. The van der Waals surface area contributed by atoms with E-state index >= 15 is 0 Å². The first-order chi connectivity index (χ1) is 39.4. The molecule has 0 spiro atoms. The molecule has 0 N–H and O–H groups in total. The summed E-state index contributed by atoms with van der Waals surface area (Å²) >= 11 is 0. The van der Waals surface area contributed by atoms with Crippen molar-refractivity contribution in [2.24, 2.45) is 10.8 Å². The molecule has 81 heavy (non-hydrogen) atoms. The number of hydrogen-bond donors (Lipinski definition) is 0. The van der Waals surface area contributed by atoms with Gasteiger partial charge < -0.3 is 18.6 Å². The summed E-state index contributed by atoms with van der Waals surface area (Å²) in [5.74, 6) is 0. The molecular weight excluding hydrogens is 985 g/mol. The van der Waals surface area contributed by atoms with Crippen molar-refractivity contribution in [3.63, 3.8) is 0 Å². The van der Waals surface area contributed by atoms with Crippen molar-refractivity contribution in [2.45, 2.75) is 47.0 Å². The van der Waals surface area contributed by atoms with Crippen LogP contribution in [-0.4, -0.2) is 0 Å². The minimum Gasteiger partial charge on any atom is -0.454 e. The first-order valence-corrected chi connectivity index (χ1v) is 28.3. The zero-order valence-corrected chi connectivity index (χ0v) is 46.5. The van der Waals surface area contributed by atoms with Gasteiger partial charge in [0.15, 0.2) is 11.2 Å². The molecule has 1 aliphatic carbocycles. The van der Waals surface area contributed by atoms with E-state index in [2.05, 4.69) is 294 Å². The fraction of sp³-hybridized carbons (Fsp3) is 0.117. The van der Waals surface area contributed by atoms with Gasteiger partial charge in [-0.1, -0.05) is 224 Å². The molecule has 2 heterocycles. The summed E-state index contributed by atoms with van der Waals surface area (Å²) in [7, 11) is 0. The van der Waals surface area contributed by atoms with Gasteiger partial charge in [0.1, 0.15) is 11.2 Å². The lowest BCUT2D eigenvalue weighted by Crippen LogP contribution is -2.50. The van der Waals surface area contributed by atoms with Crippen molar-refractivity contribution < 1.29 is 8.83 Å². The minimum absolute atomic E-state index is 0.224. The number of furan rings is 2. The fourth-order valence-electron chi connectivity index (χ4n) is 14.5. The molecule has 0 radical (unpaired) electrons. The third-order valence-electron chi connectivity index (χ3n) is 17.5. The highest BCUT2D eigenvalue weighted by Gasteiger charge is 2.59. The van der Waals surface area contributed by atoms with Crippen LogP contribution >= 0.6 is 0 Å². The standard InChI is InChI=1S/C77H60N2O2/c1-75(2,3)77(76(4,5)6)71-59-45-41-57(78(55-37-31-51(32-38-55)49-19-9-7-10-20-49)67-27-17-25-65-61-23-13-15-29-69(61)80-73(65)67)47-53(59)35-43-63(71)64-44-36-54-48-58(42-46-60(54)72(64)77)79(56-39-33-52(34-40-56)50-21-11-8-12-22-50)68-28-18-26-66-62-24-14-16-30-70(62)81-74(66)68/h7-48H,1-6H3. The first-order valence-electron chi connectivity index (χ1n) is 28.3. The molecule has 0 fully saturated rings. The summed E-state index contributed by atoms with van der Waals surface area (Å²) in [6.07, 6.45) is 0. The number of para-hydroxylation sites is 4. The molecule has 0 amide bonds. The second kappa shape index (κ2) is 18.2. The van der Waals surface area contributed by atoms with Crippen molar-refractivity contribution in [1.29, 1.82) is 0 Å². The Morgan fingerprint density at radius 1 is 0.296 bits per heavy atom. The Balaban J connectivity index is 0.905. The maximum atomic E-state index is 6.79. The topological polar surface area (TPSA) is 32.8 Å². The SMILES string of the molecule is CC(C)(C)C1(C(C)(C)C)c2c(ccc3cc(N(c4ccc(-c5ccccc5)cc4)c4cccc5c4oc4ccccc45)ccc23)-c2ccc3cc(N(c4ccc(-c5ccccc5)cc4)c4cccc5c4oc4ccccc45)ccc3c21. The van der Waals surface area contributed by atoms with Crippen LogP contribution in [0.3, 0.4) is 0 Å². The third-order valence-corrected chi connectivity index (χ3v) is 17.5. The molecule has 0 saturated carbocycles. The van der Waals surface area contributed by atoms with Gasteiger partial charge in [0.05, 0.1) is 11.4 Å². The average Bonchev–Trinajstić information content (AvgIpc) is 2.52. The van der Waals surface area contributed by atoms with E-state index in [0.29, 0.717) is 0 Å². The van der Waals surface area contributed by atoms with Crippen LogP contribution in [-0.2, 0) is 5.41 Å². The van der Waals surface area contributed by atoms with Gasteiger partial charge in [-0.2, -0.15) is 0 Å². The Morgan fingerprint density at radius 3 is 1.06 bits per heavy atom. The van der Waals surface area contributed by atoms with Crippen LogP contribution < -0.4 is 9.80 Å². The number of benzene rings is 12. The smallest absolute Gasteiger partial charge is 0.159 e. The van der Waals surface area contributed by atoms with Gasteiger partial charge in [0.25, 0.3) is 0 Å². The largest absolute Gasteiger partial charge is 0.454 e. The van der Waals surface area contributed by atoms with E-state index in [1.807, 2.05) is 12.1 Å². The maximum absolute atomic E-state index is 6.79. The molecule has 0 aliphatic heterocycles. The van der Waals surface area contributed by atoms with Crippen molar-refractivity contribution in [1.82, 2.24) is 0 Å². The molecule has 2 aromatic heterocycles. The molecule has 15 rings (SSSR count). The molecule has 390 valence electrons. The second-order valence-electron chi connectivity index (χ2n) is 24.0. The summed E-state index contributed by atoms with van der Waals surface area (Å²) < 4.78 is 13.6. The van der Waals surface area contributed by atoms with Crippen LogP contribution in [0, 0.1) is 10.8 Å². The highest BCUT2D eigenvalue weighted by atomic mass is 16.3. The Morgan fingerprint density at radius 2 is 0.654 bits per heavy atom. The summed E-state index contributed by atoms with van der Waals surface area (Å²) in [6, 6.07) is 92.7. The van der Waals surface area contributed by atoms with Gasteiger partial charge in [-0.05, 0) is 150 Å². The highest BCUT2D eigenvalue weighted by molar-refractivity contribution is 6.13. The van der Waals surface area contributed by atoms with E-state index < -0.39 is 5.41 Å². The van der Waals surface area contributed by atoms with Crippen molar-refractivity contribution in [2.75, 3.05) is 9.80 Å². The first kappa shape index (κ1) is 48.5. The summed E-state index contributed by atoms with van der Waals surface area (Å²) in [4.78, 5) is 4.75. The van der Waals surface area contributed by atoms with Gasteiger partial charge in [0.2, 0.25) is 0 Å². The normalized spacial score (nSPS) is 13.2. The van der Waals surface area contributed by atoms with Gasteiger partial charge in [-0.25, -0.2) is 0 Å². The predicted molar refractivity (Wildman–Crippen MR) is 341 cm³/mol. The van der Waals surface area contributed by atoms with E-state index in [-0.39, 0.29) is 10.8 Å². The van der Waals surface area contributed by atoms with Crippen molar-refractivity contribution in [3.05, 3.63) is 266 Å². The van der Waals surface area contributed by atoms with Gasteiger partial charge in [-0.15, -0.1) is 0 Å². The lowest BCUT2D eigenvalue weighted by atomic mass is 9.49. The van der Waals surface area contributed by atoms with Crippen LogP contribution in [0.5, 0.6) is 0 Å². The molecule has 1 aliphatic rings. The molecular formula is C77H60N2O2. The van der Waals surface area contributed by atoms with E-state index in [1.54, 1.807) is 0 Å². The van der Waals surface area contributed by atoms with E-state index in [0.717, 1.165) is 78.0 Å². The lowest BCUT2D eigenvalue weighted by molar-refractivity contribution is 0.0977. The molecule has 12 aromatic carbocycles. The van der Waals surface area contributed by atoms with Gasteiger partial charge in [0, 0.05) is 49.7 Å². The Kier molecular flexibility index (Phi) is 10.9. The summed E-state index contributed by atoms with van der Waals surface area (Å²) in [5.41, 5.74) is 18.9. The quantitative estimate of drug-likeness (QED) is 0.152. The average molecular weight is 1050 g/mol. The Hall–Kier alpha value is -9.64. The number of fused-ring (bicyclic) bond motifs is 13. The number of hydrogen-bond acceptors (Lipinski definition) is 4. The molecule has 0 bridgehead atoms. The van der Waals surface area contributed by atoms with E-state index in [1.165, 1.54) is 66.1 Å². The molecule has 4 heteroatoms. The minimum atomic E-state index is -0.424. The number of anilines is 6. The summed E-state index contributed by atoms with van der Waals surface area (Å²) in [6.45, 7) is 14.8. The Bertz CT molecular complexity index is 4460. The van der Waals surface area contributed by atoms with Crippen LogP contribution in [0.4, 0.5) is 34.1 Å². The van der Waals surface area contributed by atoms with Gasteiger partial charge >= 0.3 is 0 Å². The zero-order valence-electron chi connectivity index (χ0n) is 46.5. The van der Waals surface area contributed by atoms with Crippen LogP contribution in [0.15, 0.2) is 264 Å². The molecule has 0 saturated heterocycles. The Labute approximate surface area is 472 Å². The van der Waals surface area contributed by atoms with Crippen molar-refractivity contribution in [3.8, 4) is 33.4 Å². The van der Waals surface area contributed by atoms with Crippen LogP contribution in [0.25, 0.3) is 98.8 Å². The van der Waals surface area contributed by atoms with Crippen LogP contribution in [0.2, 0.25) is 0 Å². The molecule has 4 nitrogen and oxygen atoms in total. The highest BCUT2D eigenvalue weighted by Crippen LogP contribution is 2.67. The van der Waals surface area contributed by atoms with Crippen molar-refractivity contribution >= 4 is 99.5 Å². The zero-order chi connectivity index (χ0) is 54.8. The van der Waals surface area contributed by atoms with E-state index in [9.17, 15) is 0 Å². The predicted octanol–water partition coefficient (Wildman–Crippen LogP) is 22.4. The number of rotatable bonds is 8. The van der Waals surface area contributed by atoms with Crippen LogP contribution in [0.1, 0.15) is 52.7 Å². The molecule has 0 unspecified atom stereocenters. The number of nitrogens with zero attached hydrogens (tertiary/aromatic N) is 2. The summed E-state index contributed by atoms with van der Waals surface area (Å²) in [5, 5.41) is 9.34. The lowest BCUT2D eigenvalue weighted by Gasteiger charge is -2.53. The fourth-order valence-corrected chi connectivity index (χ4v) is 14.5. The third kappa shape index (κ3) is 7.43. The monoisotopic (exact) mass is 1040 g/mol. The second-order valence-corrected chi connectivity index (χ2v) is 24.0.